The van der Waals surface area contributed by atoms with Crippen molar-refractivity contribution in [3.63, 3.8) is 0 Å². The minimum absolute atomic E-state index is 0.00887. The van der Waals surface area contributed by atoms with E-state index in [-0.39, 0.29) is 11.4 Å². The molecule has 2 aromatic carbocycles. The first-order valence-corrected chi connectivity index (χ1v) is 14.0. The van der Waals surface area contributed by atoms with E-state index >= 15 is 0 Å². The van der Waals surface area contributed by atoms with Crippen LogP contribution in [0.2, 0.25) is 0 Å². The number of carbonyl (C=O) groups excluding carboxylic acids is 1. The molecule has 0 saturated carbocycles. The van der Waals surface area contributed by atoms with Crippen LogP contribution < -0.4 is 14.2 Å². The number of hydrazone groups is 1. The Bertz CT molecular complexity index is 1290. The van der Waals surface area contributed by atoms with Gasteiger partial charge in [0.15, 0.2) is 17.3 Å². The fourth-order valence-corrected chi connectivity index (χ4v) is 5.34. The maximum absolute atomic E-state index is 12.7. The Balaban J connectivity index is 1.43. The lowest BCUT2D eigenvalue weighted by atomic mass is 9.99. The number of fused-ring (bicyclic) bond motifs is 1. The van der Waals surface area contributed by atoms with Crippen molar-refractivity contribution in [1.29, 1.82) is 5.41 Å². The van der Waals surface area contributed by atoms with Gasteiger partial charge in [0.2, 0.25) is 5.17 Å². The molecule has 1 N–H and O–H groups in total. The molecule has 0 radical (unpaired) electrons. The monoisotopic (exact) mass is 632 g/mol. The number of hydrogen-bond donors (Lipinski definition) is 1. The van der Waals surface area contributed by atoms with Crippen molar-refractivity contribution in [3.8, 4) is 17.2 Å². The molecule has 37 heavy (non-hydrogen) atoms. The van der Waals surface area contributed by atoms with Gasteiger partial charge in [-0.2, -0.15) is 15.1 Å². The average molecular weight is 633 g/mol. The fraction of sp³-hybridized carbons (Fsp3) is 0.333. The van der Waals surface area contributed by atoms with Gasteiger partial charge in [-0.25, -0.2) is 0 Å². The zero-order valence-corrected chi connectivity index (χ0v) is 24.2. The largest absolute Gasteiger partial charge is 0.493 e. The van der Waals surface area contributed by atoms with Crippen molar-refractivity contribution in [2.24, 2.45) is 10.1 Å². The van der Waals surface area contributed by atoms with Gasteiger partial charge in [0.1, 0.15) is 24.0 Å². The molecule has 1 amide bonds. The fourth-order valence-electron chi connectivity index (χ4n) is 3.74. The minimum Gasteiger partial charge on any atom is -0.493 e. The molecule has 0 unspecified atom stereocenters. The predicted octanol–water partition coefficient (Wildman–Crippen LogP) is 6.30. The number of nitrogens with zero attached hydrogens (tertiary/aromatic N) is 3. The van der Waals surface area contributed by atoms with Gasteiger partial charge < -0.3 is 14.2 Å². The number of ether oxygens (including phenoxy) is 3. The smallest absolute Gasteiger partial charge is 0.283 e. The summed E-state index contributed by atoms with van der Waals surface area (Å²) < 4.78 is 18.2. The van der Waals surface area contributed by atoms with Crippen molar-refractivity contribution in [1.82, 2.24) is 5.01 Å². The quantitative estimate of drug-likeness (QED) is 0.188. The van der Waals surface area contributed by atoms with Gasteiger partial charge in [-0.1, -0.05) is 32.9 Å². The maximum atomic E-state index is 12.7. The number of aliphatic imine (C=N–C) groups is 1. The van der Waals surface area contributed by atoms with Crippen LogP contribution in [0.1, 0.15) is 50.7 Å². The number of nitrogens with one attached hydrogen (secondary N) is 1. The van der Waals surface area contributed by atoms with Gasteiger partial charge in [0, 0.05) is 0 Å². The molecule has 10 heteroatoms. The van der Waals surface area contributed by atoms with Crippen LogP contribution in [0.3, 0.4) is 0 Å². The Labute approximate surface area is 234 Å². The van der Waals surface area contributed by atoms with E-state index in [4.69, 9.17) is 19.6 Å². The molecular formula is C27H29IN4O4S. The van der Waals surface area contributed by atoms with Gasteiger partial charge in [-0.15, -0.1) is 0 Å². The van der Waals surface area contributed by atoms with Gasteiger partial charge in [0.05, 0.1) is 16.3 Å². The average Bonchev–Trinajstić information content (AvgIpc) is 3.32. The molecule has 0 saturated heterocycles. The highest BCUT2D eigenvalue weighted by Gasteiger charge is 2.35. The third-order valence-electron chi connectivity index (χ3n) is 6.02. The summed E-state index contributed by atoms with van der Waals surface area (Å²) in [5.41, 5.74) is 2.17. The van der Waals surface area contributed by atoms with E-state index in [2.05, 4.69) is 58.7 Å². The van der Waals surface area contributed by atoms with Crippen molar-refractivity contribution >= 4 is 62.4 Å². The van der Waals surface area contributed by atoms with Crippen LogP contribution in [0.25, 0.3) is 6.08 Å². The summed E-state index contributed by atoms with van der Waals surface area (Å²) in [5.74, 6) is 2.00. The van der Waals surface area contributed by atoms with Crippen molar-refractivity contribution in [3.05, 3.63) is 56.7 Å². The van der Waals surface area contributed by atoms with Crippen LogP contribution in [0.4, 0.5) is 0 Å². The molecule has 0 aromatic heterocycles. The molecule has 0 bridgehead atoms. The molecule has 2 aliphatic rings. The van der Waals surface area contributed by atoms with E-state index in [1.54, 1.807) is 19.3 Å². The van der Waals surface area contributed by atoms with E-state index in [0.717, 1.165) is 20.8 Å². The SMILES string of the molecule is CCC1=NN2C(=N)/C(=C/c3cc(I)c(OCCOc4ccc([C@H](C)CC)cc4)c(OC)c3)C(=O)N=C2S1. The van der Waals surface area contributed by atoms with Crippen LogP contribution in [0.15, 0.2) is 52.1 Å². The lowest BCUT2D eigenvalue weighted by molar-refractivity contribution is -0.114. The summed E-state index contributed by atoms with van der Waals surface area (Å²) in [6.07, 6.45) is 3.45. The van der Waals surface area contributed by atoms with E-state index in [0.29, 0.717) is 47.8 Å². The highest BCUT2D eigenvalue weighted by molar-refractivity contribution is 14.1. The second-order valence-electron chi connectivity index (χ2n) is 8.48. The highest BCUT2D eigenvalue weighted by atomic mass is 127. The second kappa shape index (κ2) is 12.1. The second-order valence-corrected chi connectivity index (χ2v) is 10.7. The van der Waals surface area contributed by atoms with Crippen molar-refractivity contribution in [2.45, 2.75) is 39.5 Å². The number of methoxy groups -OCH3 is 1. The molecule has 0 spiro atoms. The maximum Gasteiger partial charge on any atom is 0.283 e. The number of amides is 1. The Morgan fingerprint density at radius 2 is 1.89 bits per heavy atom. The Kier molecular flexibility index (Phi) is 8.91. The third kappa shape index (κ3) is 6.18. The Morgan fingerprint density at radius 1 is 1.16 bits per heavy atom. The molecule has 194 valence electrons. The first-order valence-electron chi connectivity index (χ1n) is 12.1. The molecule has 1 atom stereocenters. The molecular weight excluding hydrogens is 603 g/mol. The first kappa shape index (κ1) is 27.2. The summed E-state index contributed by atoms with van der Waals surface area (Å²) in [5, 5.41) is 15.5. The lowest BCUT2D eigenvalue weighted by Gasteiger charge is -2.20. The first-order chi connectivity index (χ1) is 17.8. The van der Waals surface area contributed by atoms with E-state index in [1.807, 2.05) is 25.1 Å². The lowest BCUT2D eigenvalue weighted by Crippen LogP contribution is -2.35. The molecule has 4 rings (SSSR count). The molecule has 8 nitrogen and oxygen atoms in total. The summed E-state index contributed by atoms with van der Waals surface area (Å²) in [6.45, 7) is 7.09. The van der Waals surface area contributed by atoms with E-state index in [1.165, 1.54) is 22.3 Å². The number of amidine groups is 2. The summed E-state index contributed by atoms with van der Waals surface area (Å²) in [6, 6.07) is 11.8. The Morgan fingerprint density at radius 3 is 2.57 bits per heavy atom. The minimum atomic E-state index is -0.458. The molecule has 0 aliphatic carbocycles. The van der Waals surface area contributed by atoms with E-state index < -0.39 is 5.91 Å². The molecule has 0 fully saturated rings. The summed E-state index contributed by atoms with van der Waals surface area (Å²) in [4.78, 5) is 16.8. The van der Waals surface area contributed by atoms with Crippen molar-refractivity contribution < 1.29 is 19.0 Å². The number of benzene rings is 2. The Hall–Kier alpha value is -2.86. The topological polar surface area (TPSA) is 96.6 Å². The number of rotatable bonds is 10. The van der Waals surface area contributed by atoms with Gasteiger partial charge in [-0.3, -0.25) is 10.2 Å². The number of hydrogen-bond acceptors (Lipinski definition) is 7. The molecule has 2 heterocycles. The highest BCUT2D eigenvalue weighted by Crippen LogP contribution is 2.36. The van der Waals surface area contributed by atoms with Gasteiger partial charge in [-0.05, 0) is 94.6 Å². The third-order valence-corrected chi connectivity index (χ3v) is 7.88. The van der Waals surface area contributed by atoms with Crippen LogP contribution in [0.5, 0.6) is 17.2 Å². The predicted molar refractivity (Wildman–Crippen MR) is 157 cm³/mol. The van der Waals surface area contributed by atoms with E-state index in [9.17, 15) is 4.79 Å². The zero-order valence-electron chi connectivity index (χ0n) is 21.2. The number of halogens is 1. The molecule has 2 aliphatic heterocycles. The number of carbonyl (C=O) groups is 1. The zero-order chi connectivity index (χ0) is 26.5. The summed E-state index contributed by atoms with van der Waals surface area (Å²) in [7, 11) is 1.57. The summed E-state index contributed by atoms with van der Waals surface area (Å²) >= 11 is 3.49. The van der Waals surface area contributed by atoms with Crippen molar-refractivity contribution in [2.75, 3.05) is 20.3 Å². The van der Waals surface area contributed by atoms with Crippen LogP contribution in [-0.2, 0) is 4.79 Å². The standard InChI is InChI=1S/C27H29IN4O4S/c1-5-16(3)18-7-9-19(10-8-18)35-11-12-36-24-21(28)14-17(15-22(24)34-4)13-20-25(29)32-27(30-26(20)33)37-23(6-2)31-32/h7-10,13-16,29H,5-6,11-12H2,1-4H3/b20-13-,29-25?/t16-/m1/s1. The molecule has 2 aromatic rings. The number of thioether (sulfide) groups is 1. The van der Waals surface area contributed by atoms with Crippen LogP contribution >= 0.6 is 34.4 Å². The van der Waals surface area contributed by atoms with Gasteiger partial charge >= 0.3 is 0 Å². The van der Waals surface area contributed by atoms with Crippen LogP contribution in [0, 0.1) is 8.98 Å². The van der Waals surface area contributed by atoms with Crippen LogP contribution in [-0.4, -0.2) is 47.3 Å². The normalized spacial score (nSPS) is 16.9. The van der Waals surface area contributed by atoms with Gasteiger partial charge in [0.25, 0.3) is 5.91 Å².